The Labute approximate surface area is 120 Å². The lowest BCUT2D eigenvalue weighted by atomic mass is 10.1. The molecule has 0 bridgehead atoms. The maximum absolute atomic E-state index is 11.1. The van der Waals surface area contributed by atoms with E-state index in [2.05, 4.69) is 23.6 Å². The number of anilines is 1. The van der Waals surface area contributed by atoms with E-state index in [1.807, 2.05) is 18.2 Å². The van der Waals surface area contributed by atoms with Crippen LogP contribution in [-0.4, -0.2) is 25.2 Å². The molecule has 2 N–H and O–H groups in total. The first-order valence-corrected chi connectivity index (χ1v) is 7.25. The monoisotopic (exact) mass is 276 g/mol. The van der Waals surface area contributed by atoms with Crippen molar-refractivity contribution in [1.82, 2.24) is 5.32 Å². The molecule has 3 unspecified atom stereocenters. The third-order valence-electron chi connectivity index (χ3n) is 3.91. The molecular formula is C16H24N2O2. The molecule has 3 atom stereocenters. The van der Waals surface area contributed by atoms with Gasteiger partial charge in [-0.2, -0.15) is 0 Å². The topological polar surface area (TPSA) is 50.4 Å². The second-order valence-corrected chi connectivity index (χ2v) is 5.56. The van der Waals surface area contributed by atoms with Gasteiger partial charge in [-0.25, -0.2) is 0 Å². The molecule has 1 fully saturated rings. The first-order valence-electron chi connectivity index (χ1n) is 7.25. The van der Waals surface area contributed by atoms with E-state index in [1.54, 1.807) is 7.11 Å². The van der Waals surface area contributed by atoms with Crippen LogP contribution in [0.25, 0.3) is 0 Å². The van der Waals surface area contributed by atoms with E-state index in [0.717, 1.165) is 24.9 Å². The fraction of sp³-hybridized carbons (Fsp3) is 0.562. The van der Waals surface area contributed by atoms with Crippen molar-refractivity contribution in [3.8, 4) is 0 Å². The second-order valence-electron chi connectivity index (χ2n) is 5.56. The van der Waals surface area contributed by atoms with E-state index in [-0.39, 0.29) is 11.9 Å². The van der Waals surface area contributed by atoms with Crippen molar-refractivity contribution in [3.63, 3.8) is 0 Å². The van der Waals surface area contributed by atoms with Crippen LogP contribution in [0, 0.1) is 0 Å². The van der Waals surface area contributed by atoms with Gasteiger partial charge in [0, 0.05) is 31.8 Å². The highest BCUT2D eigenvalue weighted by atomic mass is 16.5. The number of hydrogen-bond acceptors (Lipinski definition) is 3. The summed E-state index contributed by atoms with van der Waals surface area (Å²) in [7, 11) is 1.79. The molecule has 1 amide bonds. The Balaban J connectivity index is 1.95. The third kappa shape index (κ3) is 4.05. The van der Waals surface area contributed by atoms with E-state index in [0.29, 0.717) is 12.1 Å². The zero-order valence-corrected chi connectivity index (χ0v) is 12.5. The van der Waals surface area contributed by atoms with Gasteiger partial charge in [0.25, 0.3) is 0 Å². The molecule has 0 aliphatic heterocycles. The number of nitrogens with one attached hydrogen (secondary N) is 2. The highest BCUT2D eigenvalue weighted by molar-refractivity contribution is 5.88. The molecule has 1 aliphatic carbocycles. The summed E-state index contributed by atoms with van der Waals surface area (Å²) < 4.78 is 5.40. The third-order valence-corrected chi connectivity index (χ3v) is 3.91. The molecule has 20 heavy (non-hydrogen) atoms. The minimum absolute atomic E-state index is 0.0403. The molecule has 4 nitrogen and oxygen atoms in total. The number of rotatable bonds is 5. The van der Waals surface area contributed by atoms with Crippen molar-refractivity contribution in [1.29, 1.82) is 0 Å². The summed E-state index contributed by atoms with van der Waals surface area (Å²) in [6.45, 7) is 3.69. The van der Waals surface area contributed by atoms with E-state index >= 15 is 0 Å². The summed E-state index contributed by atoms with van der Waals surface area (Å²) >= 11 is 0. The van der Waals surface area contributed by atoms with Gasteiger partial charge in [-0.05, 0) is 43.9 Å². The zero-order chi connectivity index (χ0) is 14.5. The number of methoxy groups -OCH3 is 1. The second kappa shape index (κ2) is 6.86. The molecular weight excluding hydrogens is 252 g/mol. The van der Waals surface area contributed by atoms with Crippen molar-refractivity contribution < 1.29 is 9.53 Å². The maximum atomic E-state index is 11.1. The van der Waals surface area contributed by atoms with Gasteiger partial charge in [0.2, 0.25) is 5.91 Å². The fourth-order valence-electron chi connectivity index (χ4n) is 2.84. The Hall–Kier alpha value is -1.39. The van der Waals surface area contributed by atoms with Crippen LogP contribution in [0.3, 0.4) is 0 Å². The zero-order valence-electron chi connectivity index (χ0n) is 12.5. The van der Waals surface area contributed by atoms with Crippen molar-refractivity contribution in [2.24, 2.45) is 0 Å². The molecule has 1 aliphatic rings. The van der Waals surface area contributed by atoms with Gasteiger partial charge in [0.1, 0.15) is 0 Å². The van der Waals surface area contributed by atoms with Crippen LogP contribution in [-0.2, 0) is 9.53 Å². The van der Waals surface area contributed by atoms with Gasteiger partial charge >= 0.3 is 0 Å². The molecule has 1 saturated carbocycles. The van der Waals surface area contributed by atoms with E-state index in [9.17, 15) is 4.79 Å². The number of benzene rings is 1. The number of ether oxygens (including phenoxy) is 1. The lowest BCUT2D eigenvalue weighted by Crippen LogP contribution is -2.30. The Morgan fingerprint density at radius 2 is 2.20 bits per heavy atom. The van der Waals surface area contributed by atoms with Gasteiger partial charge in [-0.15, -0.1) is 0 Å². The van der Waals surface area contributed by atoms with E-state index in [4.69, 9.17) is 4.74 Å². The van der Waals surface area contributed by atoms with Gasteiger partial charge in [0.15, 0.2) is 0 Å². The van der Waals surface area contributed by atoms with Crippen LogP contribution in [0.2, 0.25) is 0 Å². The molecule has 0 saturated heterocycles. The molecule has 1 aromatic rings. The Morgan fingerprint density at radius 1 is 1.40 bits per heavy atom. The summed E-state index contributed by atoms with van der Waals surface area (Å²) in [6, 6.07) is 8.79. The predicted octanol–water partition coefficient (Wildman–Crippen LogP) is 2.86. The lowest BCUT2D eigenvalue weighted by molar-refractivity contribution is -0.114. The van der Waals surface area contributed by atoms with Gasteiger partial charge in [-0.1, -0.05) is 12.1 Å². The predicted molar refractivity (Wildman–Crippen MR) is 80.7 cm³/mol. The Kier molecular flexibility index (Phi) is 5.15. The SMILES string of the molecule is COC1CCC(NC(C)c2cccc(NC(C)=O)c2)C1. The summed E-state index contributed by atoms with van der Waals surface area (Å²) in [5, 5.41) is 6.47. The van der Waals surface area contributed by atoms with Crippen LogP contribution in [0.5, 0.6) is 0 Å². The summed E-state index contributed by atoms with van der Waals surface area (Å²) in [6.07, 6.45) is 3.76. The molecule has 1 aromatic carbocycles. The van der Waals surface area contributed by atoms with Gasteiger partial charge in [0.05, 0.1) is 6.10 Å². The molecule has 0 spiro atoms. The smallest absolute Gasteiger partial charge is 0.221 e. The Morgan fingerprint density at radius 3 is 2.85 bits per heavy atom. The molecule has 110 valence electrons. The first kappa shape index (κ1) is 15.0. The van der Waals surface area contributed by atoms with E-state index in [1.165, 1.54) is 12.5 Å². The molecule has 0 heterocycles. The van der Waals surface area contributed by atoms with Crippen molar-refractivity contribution >= 4 is 11.6 Å². The van der Waals surface area contributed by atoms with Crippen LogP contribution in [0.1, 0.15) is 44.7 Å². The van der Waals surface area contributed by atoms with Gasteiger partial charge < -0.3 is 15.4 Å². The summed E-state index contributed by atoms with van der Waals surface area (Å²) in [4.78, 5) is 11.1. The van der Waals surface area contributed by atoms with Crippen molar-refractivity contribution in [2.75, 3.05) is 12.4 Å². The van der Waals surface area contributed by atoms with Crippen LogP contribution in [0.15, 0.2) is 24.3 Å². The average Bonchev–Trinajstić information content (AvgIpc) is 2.86. The number of hydrogen-bond donors (Lipinski definition) is 2. The highest BCUT2D eigenvalue weighted by Crippen LogP contribution is 2.25. The van der Waals surface area contributed by atoms with Crippen molar-refractivity contribution in [2.45, 2.75) is 51.3 Å². The minimum atomic E-state index is -0.0403. The normalized spacial score (nSPS) is 23.6. The molecule has 0 radical (unpaired) electrons. The van der Waals surface area contributed by atoms with Crippen LogP contribution >= 0.6 is 0 Å². The minimum Gasteiger partial charge on any atom is -0.381 e. The largest absolute Gasteiger partial charge is 0.381 e. The standard InChI is InChI=1S/C16H24N2O2/c1-11(17-15-7-8-16(10-15)20-3)13-5-4-6-14(9-13)18-12(2)19/h4-6,9,11,15-17H,7-8,10H2,1-3H3,(H,18,19). The fourth-order valence-corrected chi connectivity index (χ4v) is 2.84. The quantitative estimate of drug-likeness (QED) is 0.869. The Bertz CT molecular complexity index is 462. The summed E-state index contributed by atoms with van der Waals surface area (Å²) in [5.74, 6) is -0.0403. The number of amides is 1. The number of carbonyl (C=O) groups is 1. The highest BCUT2D eigenvalue weighted by Gasteiger charge is 2.25. The van der Waals surface area contributed by atoms with Gasteiger partial charge in [-0.3, -0.25) is 4.79 Å². The number of carbonyl (C=O) groups excluding carboxylic acids is 1. The molecule has 0 aromatic heterocycles. The van der Waals surface area contributed by atoms with E-state index < -0.39 is 0 Å². The molecule has 4 heteroatoms. The molecule has 2 rings (SSSR count). The van der Waals surface area contributed by atoms with Crippen molar-refractivity contribution in [3.05, 3.63) is 29.8 Å². The van der Waals surface area contributed by atoms with Crippen LogP contribution < -0.4 is 10.6 Å². The lowest BCUT2D eigenvalue weighted by Gasteiger charge is -2.20. The van der Waals surface area contributed by atoms with Crippen LogP contribution in [0.4, 0.5) is 5.69 Å². The summed E-state index contributed by atoms with van der Waals surface area (Å²) in [5.41, 5.74) is 2.04. The average molecular weight is 276 g/mol. The first-order chi connectivity index (χ1) is 9.58. The maximum Gasteiger partial charge on any atom is 0.221 e.